The summed E-state index contributed by atoms with van der Waals surface area (Å²) in [6.45, 7) is 13.1. The number of aromatic nitrogens is 1. The molecule has 0 saturated heterocycles. The van der Waals surface area contributed by atoms with E-state index in [1.165, 1.54) is 33.6 Å². The number of benzene rings is 1. The Hall–Kier alpha value is -1.83. The molecule has 1 heterocycles. The summed E-state index contributed by atoms with van der Waals surface area (Å²) in [5, 5.41) is 0. The topological polar surface area (TPSA) is 16.1 Å². The fourth-order valence-corrected chi connectivity index (χ4v) is 3.10. The van der Waals surface area contributed by atoms with Crippen LogP contribution in [0.4, 0.5) is 5.69 Å². The Balaban J connectivity index is 2.52. The largest absolute Gasteiger partial charge is 0.370 e. The molecule has 1 aromatic heterocycles. The molecule has 0 aliphatic carbocycles. The normalized spacial score (nSPS) is 10.8. The van der Waals surface area contributed by atoms with Gasteiger partial charge in [0.25, 0.3) is 0 Å². The second kappa shape index (κ2) is 8.14. The van der Waals surface area contributed by atoms with Crippen LogP contribution in [0.5, 0.6) is 0 Å². The van der Waals surface area contributed by atoms with Crippen molar-refractivity contribution in [2.45, 2.75) is 53.9 Å². The van der Waals surface area contributed by atoms with Gasteiger partial charge in [-0.2, -0.15) is 0 Å². The molecule has 124 valence electrons. The van der Waals surface area contributed by atoms with Crippen LogP contribution < -0.4 is 4.90 Å². The van der Waals surface area contributed by atoms with E-state index in [1.54, 1.807) is 0 Å². The van der Waals surface area contributed by atoms with Crippen molar-refractivity contribution in [3.8, 4) is 11.1 Å². The first kappa shape index (κ1) is 17.5. The molecule has 0 saturated carbocycles. The fourth-order valence-electron chi connectivity index (χ4n) is 3.10. The lowest BCUT2D eigenvalue weighted by atomic mass is 9.98. The summed E-state index contributed by atoms with van der Waals surface area (Å²) < 4.78 is 0. The lowest BCUT2D eigenvalue weighted by Crippen LogP contribution is -2.25. The summed E-state index contributed by atoms with van der Waals surface area (Å²) in [7, 11) is 0. The van der Waals surface area contributed by atoms with Gasteiger partial charge < -0.3 is 4.90 Å². The Labute approximate surface area is 141 Å². The van der Waals surface area contributed by atoms with Crippen LogP contribution in [-0.4, -0.2) is 18.1 Å². The maximum Gasteiger partial charge on any atom is 0.0637 e. The number of rotatable bonds is 7. The predicted octanol–water partition coefficient (Wildman–Crippen LogP) is 5.55. The van der Waals surface area contributed by atoms with Crippen LogP contribution in [0.25, 0.3) is 11.1 Å². The molecular formula is C21H30N2. The van der Waals surface area contributed by atoms with E-state index >= 15 is 0 Å². The zero-order chi connectivity index (χ0) is 16.8. The maximum atomic E-state index is 4.82. The second-order valence-electron chi connectivity index (χ2n) is 6.34. The number of anilines is 1. The van der Waals surface area contributed by atoms with E-state index in [2.05, 4.69) is 70.0 Å². The molecule has 0 N–H and O–H groups in total. The van der Waals surface area contributed by atoms with Gasteiger partial charge in [-0.05, 0) is 50.8 Å². The highest BCUT2D eigenvalue weighted by molar-refractivity contribution is 5.72. The van der Waals surface area contributed by atoms with Crippen LogP contribution in [0.1, 0.15) is 50.4 Å². The monoisotopic (exact) mass is 310 g/mol. The minimum absolute atomic E-state index is 1.03. The SMILES string of the molecule is CCCc1ncc(-c2cc(C)ccc2C)cc1N(CC)CCC. The Bertz CT molecular complexity index is 646. The third-order valence-electron chi connectivity index (χ3n) is 4.35. The molecule has 0 radical (unpaired) electrons. The van der Waals surface area contributed by atoms with Crippen LogP contribution in [-0.2, 0) is 6.42 Å². The van der Waals surface area contributed by atoms with Crippen molar-refractivity contribution in [2.24, 2.45) is 0 Å². The summed E-state index contributed by atoms with van der Waals surface area (Å²) in [6, 6.07) is 8.99. The van der Waals surface area contributed by atoms with Crippen molar-refractivity contribution >= 4 is 5.69 Å². The molecule has 2 aromatic rings. The molecule has 0 amide bonds. The first-order chi connectivity index (χ1) is 11.1. The number of aryl methyl sites for hydroxylation is 3. The number of nitrogens with zero attached hydrogens (tertiary/aromatic N) is 2. The summed E-state index contributed by atoms with van der Waals surface area (Å²) in [5.74, 6) is 0. The van der Waals surface area contributed by atoms with Gasteiger partial charge in [0.15, 0.2) is 0 Å². The average molecular weight is 310 g/mol. The van der Waals surface area contributed by atoms with Gasteiger partial charge in [-0.1, -0.05) is 44.0 Å². The molecular weight excluding hydrogens is 280 g/mol. The molecule has 2 rings (SSSR count). The van der Waals surface area contributed by atoms with Gasteiger partial charge in [0.1, 0.15) is 0 Å². The van der Waals surface area contributed by atoms with Gasteiger partial charge in [0.2, 0.25) is 0 Å². The summed E-state index contributed by atoms with van der Waals surface area (Å²) in [6.07, 6.45) is 5.39. The van der Waals surface area contributed by atoms with Gasteiger partial charge >= 0.3 is 0 Å². The minimum atomic E-state index is 1.03. The van der Waals surface area contributed by atoms with Crippen LogP contribution >= 0.6 is 0 Å². The highest BCUT2D eigenvalue weighted by atomic mass is 15.1. The maximum absolute atomic E-state index is 4.82. The van der Waals surface area contributed by atoms with E-state index < -0.39 is 0 Å². The molecule has 2 heteroatoms. The van der Waals surface area contributed by atoms with E-state index in [0.29, 0.717) is 0 Å². The highest BCUT2D eigenvalue weighted by Crippen LogP contribution is 2.30. The molecule has 0 atom stereocenters. The van der Waals surface area contributed by atoms with Crippen molar-refractivity contribution < 1.29 is 0 Å². The molecule has 1 aromatic carbocycles. The zero-order valence-corrected chi connectivity index (χ0v) is 15.3. The Morgan fingerprint density at radius 3 is 2.43 bits per heavy atom. The lowest BCUT2D eigenvalue weighted by Gasteiger charge is -2.25. The minimum Gasteiger partial charge on any atom is -0.370 e. The third kappa shape index (κ3) is 4.13. The van der Waals surface area contributed by atoms with Gasteiger partial charge in [-0.25, -0.2) is 0 Å². The van der Waals surface area contributed by atoms with E-state index in [4.69, 9.17) is 4.98 Å². The first-order valence-electron chi connectivity index (χ1n) is 8.92. The van der Waals surface area contributed by atoms with E-state index in [0.717, 1.165) is 32.4 Å². The summed E-state index contributed by atoms with van der Waals surface area (Å²) in [5.41, 5.74) is 7.69. The predicted molar refractivity (Wildman–Crippen MR) is 101 cm³/mol. The van der Waals surface area contributed by atoms with Crippen LogP contribution in [0.3, 0.4) is 0 Å². The third-order valence-corrected chi connectivity index (χ3v) is 4.35. The second-order valence-corrected chi connectivity index (χ2v) is 6.34. The molecule has 0 unspecified atom stereocenters. The Morgan fingerprint density at radius 1 is 1.00 bits per heavy atom. The molecule has 0 aliphatic rings. The fraction of sp³-hybridized carbons (Fsp3) is 0.476. The van der Waals surface area contributed by atoms with Gasteiger partial charge in [0.05, 0.1) is 11.4 Å². The van der Waals surface area contributed by atoms with Crippen molar-refractivity contribution in [3.63, 3.8) is 0 Å². The highest BCUT2D eigenvalue weighted by Gasteiger charge is 2.13. The summed E-state index contributed by atoms with van der Waals surface area (Å²) in [4.78, 5) is 7.29. The van der Waals surface area contributed by atoms with Crippen molar-refractivity contribution in [3.05, 3.63) is 47.3 Å². The first-order valence-corrected chi connectivity index (χ1v) is 8.92. The van der Waals surface area contributed by atoms with Crippen LogP contribution in [0.2, 0.25) is 0 Å². The Morgan fingerprint density at radius 2 is 1.78 bits per heavy atom. The number of pyridine rings is 1. The van der Waals surface area contributed by atoms with Crippen molar-refractivity contribution in [1.82, 2.24) is 4.98 Å². The van der Waals surface area contributed by atoms with E-state index in [9.17, 15) is 0 Å². The smallest absolute Gasteiger partial charge is 0.0637 e. The van der Waals surface area contributed by atoms with Gasteiger partial charge in [-0.15, -0.1) is 0 Å². The van der Waals surface area contributed by atoms with Crippen molar-refractivity contribution in [2.75, 3.05) is 18.0 Å². The van der Waals surface area contributed by atoms with Gasteiger partial charge in [-0.3, -0.25) is 4.98 Å². The van der Waals surface area contributed by atoms with E-state index in [-0.39, 0.29) is 0 Å². The molecule has 2 nitrogen and oxygen atoms in total. The average Bonchev–Trinajstić information content (AvgIpc) is 2.56. The molecule has 0 fully saturated rings. The van der Waals surface area contributed by atoms with Crippen LogP contribution in [0.15, 0.2) is 30.5 Å². The number of hydrogen-bond acceptors (Lipinski definition) is 2. The lowest BCUT2D eigenvalue weighted by molar-refractivity contribution is 0.773. The molecule has 23 heavy (non-hydrogen) atoms. The number of hydrogen-bond donors (Lipinski definition) is 0. The van der Waals surface area contributed by atoms with Crippen molar-refractivity contribution in [1.29, 1.82) is 0 Å². The van der Waals surface area contributed by atoms with Crippen LogP contribution in [0, 0.1) is 13.8 Å². The molecule has 0 aliphatic heterocycles. The molecule has 0 bridgehead atoms. The molecule has 0 spiro atoms. The standard InChI is InChI=1S/C21H30N2/c1-6-9-20-21(23(8-3)12-7-2)14-18(15-22-20)19-13-16(4)10-11-17(19)5/h10-11,13-15H,6-9,12H2,1-5H3. The van der Waals surface area contributed by atoms with E-state index in [1.807, 2.05) is 0 Å². The zero-order valence-electron chi connectivity index (χ0n) is 15.3. The quantitative estimate of drug-likeness (QED) is 0.666. The summed E-state index contributed by atoms with van der Waals surface area (Å²) >= 11 is 0. The van der Waals surface area contributed by atoms with Gasteiger partial charge in [0, 0.05) is 24.8 Å². The Kier molecular flexibility index (Phi) is 6.20.